The van der Waals surface area contributed by atoms with Gasteiger partial charge < -0.3 is 15.0 Å². The molecule has 0 bridgehead atoms. The molecule has 0 aliphatic heterocycles. The molecule has 0 aliphatic rings. The number of hydrogen-bond donors (Lipinski definition) is 1. The monoisotopic (exact) mass is 236 g/mol. The summed E-state index contributed by atoms with van der Waals surface area (Å²) in [6, 6.07) is 6.41. The van der Waals surface area contributed by atoms with E-state index in [1.165, 1.54) is 11.3 Å². The molecular formula is C14H24N2O. The Hall–Kier alpha value is -1.22. The number of nitrogens with one attached hydrogen (secondary N) is 1. The Morgan fingerprint density at radius 1 is 1.35 bits per heavy atom. The Bertz CT molecular complexity index is 339. The SMILES string of the molecule is CCc1ccc(OC)c(N(C)CCCNC)c1. The van der Waals surface area contributed by atoms with E-state index in [1.54, 1.807) is 7.11 Å². The van der Waals surface area contributed by atoms with Gasteiger partial charge in [0, 0.05) is 13.6 Å². The van der Waals surface area contributed by atoms with E-state index in [9.17, 15) is 0 Å². The first-order chi connectivity index (χ1) is 8.22. The summed E-state index contributed by atoms with van der Waals surface area (Å²) in [5.74, 6) is 0.953. The standard InChI is InChI=1S/C14H24N2O/c1-5-12-7-8-14(17-4)13(11-12)16(3)10-6-9-15-2/h7-8,11,15H,5-6,9-10H2,1-4H3. The van der Waals surface area contributed by atoms with Crippen LogP contribution in [0, 0.1) is 0 Å². The highest BCUT2D eigenvalue weighted by molar-refractivity contribution is 5.59. The highest BCUT2D eigenvalue weighted by Gasteiger charge is 2.08. The number of rotatable bonds is 7. The molecular weight excluding hydrogens is 212 g/mol. The molecule has 0 spiro atoms. The van der Waals surface area contributed by atoms with Gasteiger partial charge in [-0.25, -0.2) is 0 Å². The van der Waals surface area contributed by atoms with Crippen molar-refractivity contribution >= 4 is 5.69 Å². The summed E-state index contributed by atoms with van der Waals surface area (Å²) < 4.78 is 5.41. The summed E-state index contributed by atoms with van der Waals surface area (Å²) >= 11 is 0. The van der Waals surface area contributed by atoms with Crippen LogP contribution in [0.1, 0.15) is 18.9 Å². The summed E-state index contributed by atoms with van der Waals surface area (Å²) in [6.45, 7) is 4.25. The van der Waals surface area contributed by atoms with Crippen molar-refractivity contribution in [2.75, 3.05) is 39.2 Å². The lowest BCUT2D eigenvalue weighted by Crippen LogP contribution is -2.22. The molecule has 0 aliphatic carbocycles. The molecule has 0 unspecified atom stereocenters. The van der Waals surface area contributed by atoms with Crippen molar-refractivity contribution in [2.45, 2.75) is 19.8 Å². The summed E-state index contributed by atoms with van der Waals surface area (Å²) in [5, 5.41) is 3.17. The first-order valence-corrected chi connectivity index (χ1v) is 6.25. The van der Waals surface area contributed by atoms with Crippen LogP contribution in [0.2, 0.25) is 0 Å². The second-order valence-electron chi connectivity index (χ2n) is 4.24. The van der Waals surface area contributed by atoms with Crippen LogP contribution < -0.4 is 15.0 Å². The first-order valence-electron chi connectivity index (χ1n) is 6.25. The number of ether oxygens (including phenoxy) is 1. The third-order valence-corrected chi connectivity index (χ3v) is 2.98. The average molecular weight is 236 g/mol. The maximum Gasteiger partial charge on any atom is 0.142 e. The van der Waals surface area contributed by atoms with Crippen LogP contribution in [-0.4, -0.2) is 34.3 Å². The van der Waals surface area contributed by atoms with Gasteiger partial charge in [0.05, 0.1) is 12.8 Å². The van der Waals surface area contributed by atoms with Gasteiger partial charge >= 0.3 is 0 Å². The number of anilines is 1. The van der Waals surface area contributed by atoms with E-state index in [2.05, 4.69) is 42.4 Å². The normalized spacial score (nSPS) is 10.4. The first kappa shape index (κ1) is 13.8. The Morgan fingerprint density at radius 3 is 2.71 bits per heavy atom. The van der Waals surface area contributed by atoms with Crippen LogP contribution in [0.25, 0.3) is 0 Å². The molecule has 0 heterocycles. The van der Waals surface area contributed by atoms with Crippen LogP contribution in [0.5, 0.6) is 5.75 Å². The van der Waals surface area contributed by atoms with E-state index in [1.807, 2.05) is 7.05 Å². The molecule has 0 amide bonds. The van der Waals surface area contributed by atoms with E-state index in [-0.39, 0.29) is 0 Å². The number of aryl methyl sites for hydroxylation is 1. The molecule has 1 N–H and O–H groups in total. The molecule has 3 nitrogen and oxygen atoms in total. The summed E-state index contributed by atoms with van der Waals surface area (Å²) in [5.41, 5.74) is 2.53. The third-order valence-electron chi connectivity index (χ3n) is 2.98. The topological polar surface area (TPSA) is 24.5 Å². The maximum absolute atomic E-state index is 5.41. The van der Waals surface area contributed by atoms with E-state index in [4.69, 9.17) is 4.74 Å². The smallest absolute Gasteiger partial charge is 0.142 e. The van der Waals surface area contributed by atoms with Crippen molar-refractivity contribution in [1.82, 2.24) is 5.32 Å². The fraction of sp³-hybridized carbons (Fsp3) is 0.571. The van der Waals surface area contributed by atoms with Crippen molar-refractivity contribution in [3.63, 3.8) is 0 Å². The van der Waals surface area contributed by atoms with Gasteiger partial charge in [-0.2, -0.15) is 0 Å². The number of hydrogen-bond acceptors (Lipinski definition) is 3. The summed E-state index contributed by atoms with van der Waals surface area (Å²) in [4.78, 5) is 2.26. The van der Waals surface area contributed by atoms with Gasteiger partial charge in [0.15, 0.2) is 0 Å². The van der Waals surface area contributed by atoms with Crippen LogP contribution in [0.15, 0.2) is 18.2 Å². The molecule has 0 saturated carbocycles. The molecule has 0 fully saturated rings. The Morgan fingerprint density at radius 2 is 2.12 bits per heavy atom. The predicted molar refractivity (Wildman–Crippen MR) is 74.2 cm³/mol. The highest BCUT2D eigenvalue weighted by Crippen LogP contribution is 2.28. The zero-order chi connectivity index (χ0) is 12.7. The van der Waals surface area contributed by atoms with Gasteiger partial charge in [0.2, 0.25) is 0 Å². The molecule has 0 aromatic heterocycles. The Kier molecular flexibility index (Phi) is 5.84. The highest BCUT2D eigenvalue weighted by atomic mass is 16.5. The zero-order valence-corrected chi connectivity index (χ0v) is 11.4. The van der Waals surface area contributed by atoms with Gasteiger partial charge in [-0.05, 0) is 44.1 Å². The van der Waals surface area contributed by atoms with Gasteiger partial charge in [-0.3, -0.25) is 0 Å². The van der Waals surface area contributed by atoms with Crippen molar-refractivity contribution in [3.8, 4) is 5.75 Å². The molecule has 1 aromatic rings. The van der Waals surface area contributed by atoms with Gasteiger partial charge in [0.1, 0.15) is 5.75 Å². The fourth-order valence-electron chi connectivity index (χ4n) is 1.87. The molecule has 96 valence electrons. The second kappa shape index (κ2) is 7.17. The largest absolute Gasteiger partial charge is 0.495 e. The maximum atomic E-state index is 5.41. The van der Waals surface area contributed by atoms with Crippen molar-refractivity contribution in [1.29, 1.82) is 0 Å². The molecule has 3 heteroatoms. The van der Waals surface area contributed by atoms with Crippen LogP contribution >= 0.6 is 0 Å². The van der Waals surface area contributed by atoms with Crippen molar-refractivity contribution < 1.29 is 4.74 Å². The van der Waals surface area contributed by atoms with E-state index < -0.39 is 0 Å². The summed E-state index contributed by atoms with van der Waals surface area (Å²) in [6.07, 6.45) is 2.19. The minimum atomic E-state index is 0.953. The minimum absolute atomic E-state index is 0.953. The van der Waals surface area contributed by atoms with Crippen molar-refractivity contribution in [2.24, 2.45) is 0 Å². The third kappa shape index (κ3) is 3.93. The quantitative estimate of drug-likeness (QED) is 0.735. The van der Waals surface area contributed by atoms with Crippen molar-refractivity contribution in [3.05, 3.63) is 23.8 Å². The fourth-order valence-corrected chi connectivity index (χ4v) is 1.87. The second-order valence-corrected chi connectivity index (χ2v) is 4.24. The van der Waals surface area contributed by atoms with E-state index >= 15 is 0 Å². The molecule has 0 saturated heterocycles. The van der Waals surface area contributed by atoms with Crippen LogP contribution in [0.3, 0.4) is 0 Å². The Balaban J connectivity index is 2.78. The number of nitrogens with zero attached hydrogens (tertiary/aromatic N) is 1. The predicted octanol–water partition coefficient (Wildman–Crippen LogP) is 2.30. The number of benzene rings is 1. The van der Waals surface area contributed by atoms with E-state index in [0.717, 1.165) is 31.7 Å². The van der Waals surface area contributed by atoms with Crippen LogP contribution in [0.4, 0.5) is 5.69 Å². The molecule has 0 radical (unpaired) electrons. The summed E-state index contributed by atoms with van der Waals surface area (Å²) in [7, 11) is 5.83. The molecule has 1 aromatic carbocycles. The van der Waals surface area contributed by atoms with Gasteiger partial charge in [-0.15, -0.1) is 0 Å². The zero-order valence-electron chi connectivity index (χ0n) is 11.4. The number of methoxy groups -OCH3 is 1. The lowest BCUT2D eigenvalue weighted by molar-refractivity contribution is 0.414. The average Bonchev–Trinajstić information content (AvgIpc) is 2.38. The minimum Gasteiger partial charge on any atom is -0.495 e. The lowest BCUT2D eigenvalue weighted by Gasteiger charge is -2.22. The molecule has 1 rings (SSSR count). The molecule has 0 atom stereocenters. The van der Waals surface area contributed by atoms with Crippen LogP contribution in [-0.2, 0) is 6.42 Å². The van der Waals surface area contributed by atoms with Gasteiger partial charge in [0.25, 0.3) is 0 Å². The van der Waals surface area contributed by atoms with Gasteiger partial charge in [-0.1, -0.05) is 13.0 Å². The van der Waals surface area contributed by atoms with E-state index in [0.29, 0.717) is 0 Å². The lowest BCUT2D eigenvalue weighted by atomic mass is 10.1. The Labute approximate surface area is 105 Å². The molecule has 17 heavy (non-hydrogen) atoms.